The molecule has 2 aliphatic rings. The van der Waals surface area contributed by atoms with Gasteiger partial charge in [0.2, 0.25) is 0 Å². The lowest BCUT2D eigenvalue weighted by molar-refractivity contribution is -0.145. The molecule has 1 heterocycles. The minimum atomic E-state index is -0.415. The van der Waals surface area contributed by atoms with Gasteiger partial charge in [0.1, 0.15) is 6.10 Å². The van der Waals surface area contributed by atoms with Gasteiger partial charge in [0.05, 0.1) is 6.61 Å². The molecule has 0 aromatic heterocycles. The van der Waals surface area contributed by atoms with E-state index in [-0.39, 0.29) is 11.9 Å². The summed E-state index contributed by atoms with van der Waals surface area (Å²) in [7, 11) is 1.82. The largest absolute Gasteiger partial charge is 0.368 e. The highest BCUT2D eigenvalue weighted by Crippen LogP contribution is 2.30. The van der Waals surface area contributed by atoms with Crippen LogP contribution in [0.2, 0.25) is 0 Å². The van der Waals surface area contributed by atoms with Crippen LogP contribution in [0.5, 0.6) is 0 Å². The predicted octanol–water partition coefficient (Wildman–Crippen LogP) is 7.07. The van der Waals surface area contributed by atoms with E-state index in [0.29, 0.717) is 31.4 Å². The summed E-state index contributed by atoms with van der Waals surface area (Å²) >= 11 is 0. The van der Waals surface area contributed by atoms with Crippen molar-refractivity contribution in [3.8, 4) is 11.1 Å². The Bertz CT molecular complexity index is 1070. The molecule has 6 nitrogen and oxygen atoms in total. The topological polar surface area (TPSA) is 61.9 Å². The standard InChI is InChI=1S/C34H49N3O3/c1-4-5-6-7-8-20-35-34(39)36(3)31-11-9-10-30(24-31)29-16-14-27(15-17-29)23-32(40-25-28-12-13-28)33(38)37-21-18-26(2)19-22-37/h9-11,14-17,24,26,28,32H,4-8,12-13,18-23,25H2,1-3H3,(H,35,39). The number of nitrogens with zero attached hydrogens (tertiary/aromatic N) is 2. The molecule has 1 saturated carbocycles. The van der Waals surface area contributed by atoms with Crippen molar-refractivity contribution >= 4 is 17.6 Å². The number of piperidine rings is 1. The summed E-state index contributed by atoms with van der Waals surface area (Å²) in [5.74, 6) is 1.46. The van der Waals surface area contributed by atoms with Crippen molar-refractivity contribution in [3.05, 3.63) is 54.1 Å². The van der Waals surface area contributed by atoms with Gasteiger partial charge in [-0.1, -0.05) is 75.9 Å². The number of rotatable bonds is 14. The smallest absolute Gasteiger partial charge is 0.321 e. The zero-order valence-electron chi connectivity index (χ0n) is 24.9. The van der Waals surface area contributed by atoms with E-state index in [1.807, 2.05) is 24.1 Å². The van der Waals surface area contributed by atoms with Gasteiger partial charge in [0, 0.05) is 38.8 Å². The maximum atomic E-state index is 13.4. The van der Waals surface area contributed by atoms with Crippen LogP contribution >= 0.6 is 0 Å². The fourth-order valence-corrected chi connectivity index (χ4v) is 5.29. The Labute approximate surface area is 241 Å². The van der Waals surface area contributed by atoms with E-state index in [2.05, 4.69) is 55.6 Å². The van der Waals surface area contributed by atoms with Gasteiger partial charge in [-0.05, 0) is 72.8 Å². The third kappa shape index (κ3) is 9.09. The molecular weight excluding hydrogens is 498 g/mol. The monoisotopic (exact) mass is 547 g/mol. The second-order valence-corrected chi connectivity index (χ2v) is 11.9. The lowest BCUT2D eigenvalue weighted by Crippen LogP contribution is -2.45. The Balaban J connectivity index is 1.35. The maximum absolute atomic E-state index is 13.4. The number of ether oxygens (including phenoxy) is 1. The molecule has 3 amide bonds. The van der Waals surface area contributed by atoms with Crippen molar-refractivity contribution in [2.75, 3.05) is 38.2 Å². The summed E-state index contributed by atoms with van der Waals surface area (Å²) in [4.78, 5) is 29.7. The third-order valence-electron chi connectivity index (χ3n) is 8.40. The van der Waals surface area contributed by atoms with E-state index in [4.69, 9.17) is 4.74 Å². The average Bonchev–Trinajstić information content (AvgIpc) is 3.81. The molecule has 218 valence electrons. The van der Waals surface area contributed by atoms with Gasteiger partial charge in [-0.15, -0.1) is 0 Å². The van der Waals surface area contributed by atoms with E-state index in [9.17, 15) is 9.59 Å². The van der Waals surface area contributed by atoms with Crippen LogP contribution in [-0.2, 0) is 16.0 Å². The summed E-state index contributed by atoms with van der Waals surface area (Å²) in [6.45, 7) is 7.54. The fraction of sp³-hybridized carbons (Fsp3) is 0.588. The number of likely N-dealkylation sites (tertiary alicyclic amines) is 1. The van der Waals surface area contributed by atoms with Crippen LogP contribution in [0.4, 0.5) is 10.5 Å². The van der Waals surface area contributed by atoms with Crippen molar-refractivity contribution in [2.24, 2.45) is 11.8 Å². The van der Waals surface area contributed by atoms with Gasteiger partial charge in [0.25, 0.3) is 5.91 Å². The predicted molar refractivity (Wildman–Crippen MR) is 164 cm³/mol. The molecule has 0 bridgehead atoms. The fourth-order valence-electron chi connectivity index (χ4n) is 5.29. The molecule has 2 fully saturated rings. The molecule has 6 heteroatoms. The molecule has 1 N–H and O–H groups in total. The zero-order valence-corrected chi connectivity index (χ0v) is 24.9. The SMILES string of the molecule is CCCCCCCNC(=O)N(C)c1cccc(-c2ccc(CC(OCC3CC3)C(=O)N3CCC(C)CC3)cc2)c1. The number of anilines is 1. The van der Waals surface area contributed by atoms with Crippen molar-refractivity contribution in [1.82, 2.24) is 10.2 Å². The molecule has 1 atom stereocenters. The number of carbonyl (C=O) groups is 2. The van der Waals surface area contributed by atoms with Gasteiger partial charge >= 0.3 is 6.03 Å². The van der Waals surface area contributed by atoms with Gasteiger partial charge in [-0.3, -0.25) is 9.69 Å². The molecule has 2 aromatic rings. The quantitative estimate of drug-likeness (QED) is 0.257. The number of hydrogen-bond acceptors (Lipinski definition) is 3. The van der Waals surface area contributed by atoms with E-state index in [0.717, 1.165) is 61.2 Å². The highest BCUT2D eigenvalue weighted by atomic mass is 16.5. The normalized spacial score (nSPS) is 16.5. The van der Waals surface area contributed by atoms with E-state index >= 15 is 0 Å². The van der Waals surface area contributed by atoms with Crippen molar-refractivity contribution in [3.63, 3.8) is 0 Å². The number of amides is 3. The first-order valence-electron chi connectivity index (χ1n) is 15.6. The summed E-state index contributed by atoms with van der Waals surface area (Å²) in [5, 5.41) is 3.04. The van der Waals surface area contributed by atoms with Crippen molar-refractivity contribution < 1.29 is 14.3 Å². The number of benzene rings is 2. The van der Waals surface area contributed by atoms with Gasteiger partial charge in [-0.2, -0.15) is 0 Å². The van der Waals surface area contributed by atoms with Crippen LogP contribution in [0, 0.1) is 11.8 Å². The third-order valence-corrected chi connectivity index (χ3v) is 8.40. The Kier molecular flexibility index (Phi) is 11.5. The average molecular weight is 548 g/mol. The van der Waals surface area contributed by atoms with Crippen LogP contribution < -0.4 is 10.2 Å². The lowest BCUT2D eigenvalue weighted by Gasteiger charge is -2.33. The van der Waals surface area contributed by atoms with Crippen LogP contribution in [0.1, 0.15) is 77.2 Å². The number of carbonyl (C=O) groups excluding carboxylic acids is 2. The number of urea groups is 1. The summed E-state index contributed by atoms with van der Waals surface area (Å²) in [5.41, 5.74) is 4.11. The number of hydrogen-bond donors (Lipinski definition) is 1. The van der Waals surface area contributed by atoms with E-state index < -0.39 is 6.10 Å². The first kappa shape index (κ1) is 30.1. The first-order chi connectivity index (χ1) is 19.4. The van der Waals surface area contributed by atoms with Gasteiger partial charge in [-0.25, -0.2) is 4.79 Å². The molecule has 0 radical (unpaired) electrons. The molecule has 1 saturated heterocycles. The molecule has 1 aliphatic heterocycles. The maximum Gasteiger partial charge on any atom is 0.321 e. The van der Waals surface area contributed by atoms with E-state index in [1.165, 1.54) is 32.1 Å². The highest BCUT2D eigenvalue weighted by molar-refractivity contribution is 5.92. The van der Waals surface area contributed by atoms with Crippen LogP contribution in [0.15, 0.2) is 48.5 Å². The molecule has 40 heavy (non-hydrogen) atoms. The zero-order chi connectivity index (χ0) is 28.3. The van der Waals surface area contributed by atoms with Crippen LogP contribution in [-0.4, -0.2) is 56.2 Å². The number of nitrogens with one attached hydrogen (secondary N) is 1. The molecule has 1 aliphatic carbocycles. The van der Waals surface area contributed by atoms with Crippen molar-refractivity contribution in [2.45, 2.75) is 84.2 Å². The Morgan fingerprint density at radius 3 is 2.40 bits per heavy atom. The van der Waals surface area contributed by atoms with Crippen molar-refractivity contribution in [1.29, 1.82) is 0 Å². The Morgan fingerprint density at radius 2 is 1.70 bits per heavy atom. The van der Waals surface area contributed by atoms with Gasteiger partial charge < -0.3 is 15.0 Å². The highest BCUT2D eigenvalue weighted by Gasteiger charge is 2.30. The Morgan fingerprint density at radius 1 is 0.975 bits per heavy atom. The Hall–Kier alpha value is -2.86. The molecule has 4 rings (SSSR count). The molecular formula is C34H49N3O3. The van der Waals surface area contributed by atoms with E-state index in [1.54, 1.807) is 4.90 Å². The molecule has 0 spiro atoms. The number of unbranched alkanes of at least 4 members (excludes halogenated alkanes) is 4. The lowest BCUT2D eigenvalue weighted by atomic mass is 9.97. The first-order valence-corrected chi connectivity index (χ1v) is 15.6. The van der Waals surface area contributed by atoms with Crippen LogP contribution in [0.25, 0.3) is 11.1 Å². The van der Waals surface area contributed by atoms with Crippen LogP contribution in [0.3, 0.4) is 0 Å². The second-order valence-electron chi connectivity index (χ2n) is 11.9. The minimum absolute atomic E-state index is 0.0759. The summed E-state index contributed by atoms with van der Waals surface area (Å²) in [6, 6.07) is 16.4. The molecule has 1 unspecified atom stereocenters. The summed E-state index contributed by atoms with van der Waals surface area (Å²) < 4.78 is 6.21. The second kappa shape index (κ2) is 15.2. The van der Waals surface area contributed by atoms with Gasteiger partial charge in [0.15, 0.2) is 0 Å². The minimum Gasteiger partial charge on any atom is -0.368 e. The molecule has 2 aromatic carbocycles. The summed E-state index contributed by atoms with van der Waals surface area (Å²) in [6.07, 6.45) is 10.6.